The molecule has 0 bridgehead atoms. The van der Waals surface area contributed by atoms with Crippen LogP contribution in [0.1, 0.15) is 17.4 Å². The van der Waals surface area contributed by atoms with Gasteiger partial charge in [-0.05, 0) is 49.4 Å². The third kappa shape index (κ3) is 3.02. The summed E-state index contributed by atoms with van der Waals surface area (Å²) in [6.45, 7) is 1.86. The number of carbonyl (C=O) groups excluding carboxylic acids is 1. The molecule has 2 aromatic heterocycles. The van der Waals surface area contributed by atoms with Gasteiger partial charge in [0.05, 0.1) is 5.69 Å². The molecule has 30 heavy (non-hydrogen) atoms. The Kier molecular flexibility index (Phi) is 4.61. The van der Waals surface area contributed by atoms with Crippen LogP contribution in [0.3, 0.4) is 0 Å². The molecule has 0 radical (unpaired) electrons. The lowest BCUT2D eigenvalue weighted by molar-refractivity contribution is 0.0997. The van der Waals surface area contributed by atoms with Crippen LogP contribution in [0.25, 0.3) is 28.2 Å². The zero-order valence-electron chi connectivity index (χ0n) is 15.6. The first-order valence-corrected chi connectivity index (χ1v) is 8.86. The van der Waals surface area contributed by atoms with Crippen molar-refractivity contribution in [2.24, 2.45) is 5.73 Å². The number of primary amides is 1. The molecule has 0 aliphatic heterocycles. The number of hydrogen-bond donors (Lipinski definition) is 1. The van der Waals surface area contributed by atoms with E-state index >= 15 is 0 Å². The SMILES string of the molecule is CCn1c(=O)n(-c2ccc(F)cc2)c2nc(-c3ccc(F)c(F)c3)nc(C(N)=O)c21. The second kappa shape index (κ2) is 7.14. The highest BCUT2D eigenvalue weighted by molar-refractivity contribution is 6.02. The summed E-state index contributed by atoms with van der Waals surface area (Å²) in [6, 6.07) is 8.10. The molecular weight excluding hydrogens is 399 g/mol. The van der Waals surface area contributed by atoms with Gasteiger partial charge in [-0.2, -0.15) is 0 Å². The van der Waals surface area contributed by atoms with Gasteiger partial charge in [-0.15, -0.1) is 0 Å². The Hall–Kier alpha value is -3.95. The van der Waals surface area contributed by atoms with Gasteiger partial charge >= 0.3 is 5.69 Å². The normalized spacial score (nSPS) is 11.2. The van der Waals surface area contributed by atoms with Gasteiger partial charge in [-0.3, -0.25) is 9.36 Å². The second-order valence-corrected chi connectivity index (χ2v) is 6.40. The first-order valence-electron chi connectivity index (χ1n) is 8.86. The highest BCUT2D eigenvalue weighted by atomic mass is 19.2. The molecule has 0 aliphatic carbocycles. The first-order chi connectivity index (χ1) is 14.3. The molecule has 2 N–H and O–H groups in total. The zero-order chi connectivity index (χ0) is 21.6. The fourth-order valence-electron chi connectivity index (χ4n) is 3.21. The average Bonchev–Trinajstić information content (AvgIpc) is 3.01. The quantitative estimate of drug-likeness (QED) is 0.557. The van der Waals surface area contributed by atoms with Crippen LogP contribution in [0.15, 0.2) is 47.3 Å². The Balaban J connectivity index is 2.12. The fourth-order valence-corrected chi connectivity index (χ4v) is 3.21. The van der Waals surface area contributed by atoms with E-state index in [0.717, 1.165) is 12.1 Å². The highest BCUT2D eigenvalue weighted by Crippen LogP contribution is 2.24. The largest absolute Gasteiger partial charge is 0.364 e. The number of carbonyl (C=O) groups is 1. The first kappa shape index (κ1) is 19.4. The van der Waals surface area contributed by atoms with Crippen molar-refractivity contribution in [1.82, 2.24) is 19.1 Å². The predicted molar refractivity (Wildman–Crippen MR) is 103 cm³/mol. The van der Waals surface area contributed by atoms with Gasteiger partial charge in [0.25, 0.3) is 5.91 Å². The molecule has 0 saturated heterocycles. The molecule has 0 saturated carbocycles. The van der Waals surface area contributed by atoms with Crippen molar-refractivity contribution in [3.63, 3.8) is 0 Å². The van der Waals surface area contributed by atoms with Gasteiger partial charge in [0.15, 0.2) is 28.8 Å². The Morgan fingerprint density at radius 3 is 2.33 bits per heavy atom. The van der Waals surface area contributed by atoms with E-state index in [-0.39, 0.29) is 34.8 Å². The molecule has 0 unspecified atom stereocenters. The topological polar surface area (TPSA) is 95.8 Å². The number of nitrogens with zero attached hydrogens (tertiary/aromatic N) is 4. The van der Waals surface area contributed by atoms with Crippen molar-refractivity contribution >= 4 is 17.1 Å². The Morgan fingerprint density at radius 2 is 1.73 bits per heavy atom. The average molecular weight is 413 g/mol. The number of aryl methyl sites for hydroxylation is 1. The number of fused-ring (bicyclic) bond motifs is 1. The molecule has 4 rings (SSSR count). The highest BCUT2D eigenvalue weighted by Gasteiger charge is 2.24. The van der Waals surface area contributed by atoms with E-state index in [4.69, 9.17) is 5.73 Å². The van der Waals surface area contributed by atoms with Crippen molar-refractivity contribution in [3.05, 3.63) is 76.1 Å². The molecule has 4 aromatic rings. The van der Waals surface area contributed by atoms with Crippen LogP contribution in [-0.2, 0) is 6.54 Å². The van der Waals surface area contributed by atoms with Crippen LogP contribution in [0.4, 0.5) is 13.2 Å². The third-order valence-corrected chi connectivity index (χ3v) is 4.58. The number of amides is 1. The number of rotatable bonds is 4. The van der Waals surface area contributed by atoms with Crippen molar-refractivity contribution < 1.29 is 18.0 Å². The van der Waals surface area contributed by atoms with Gasteiger partial charge in [-0.25, -0.2) is 32.5 Å². The summed E-state index contributed by atoms with van der Waals surface area (Å²) in [5.41, 5.74) is 5.18. The van der Waals surface area contributed by atoms with E-state index in [0.29, 0.717) is 5.69 Å². The van der Waals surface area contributed by atoms with Crippen molar-refractivity contribution in [1.29, 1.82) is 0 Å². The third-order valence-electron chi connectivity index (χ3n) is 4.58. The molecule has 0 aliphatic rings. The predicted octanol–water partition coefficient (Wildman–Crippen LogP) is 2.79. The number of imidazole rings is 1. The summed E-state index contributed by atoms with van der Waals surface area (Å²) in [4.78, 5) is 33.6. The van der Waals surface area contributed by atoms with Crippen molar-refractivity contribution in [3.8, 4) is 17.1 Å². The van der Waals surface area contributed by atoms with Crippen LogP contribution in [0, 0.1) is 17.5 Å². The van der Waals surface area contributed by atoms with Gasteiger partial charge in [0.2, 0.25) is 0 Å². The minimum Gasteiger partial charge on any atom is -0.364 e. The number of benzene rings is 2. The molecule has 0 fully saturated rings. The summed E-state index contributed by atoms with van der Waals surface area (Å²) in [7, 11) is 0. The van der Waals surface area contributed by atoms with Crippen molar-refractivity contribution in [2.75, 3.05) is 0 Å². The monoisotopic (exact) mass is 413 g/mol. The molecule has 2 heterocycles. The van der Waals surface area contributed by atoms with Crippen LogP contribution >= 0.6 is 0 Å². The molecule has 152 valence electrons. The van der Waals surface area contributed by atoms with E-state index in [9.17, 15) is 22.8 Å². The fraction of sp³-hybridized carbons (Fsp3) is 0.100. The minimum absolute atomic E-state index is 0.0250. The van der Waals surface area contributed by atoms with Gasteiger partial charge in [0, 0.05) is 12.1 Å². The lowest BCUT2D eigenvalue weighted by Crippen LogP contribution is -2.23. The maximum atomic E-state index is 13.7. The van der Waals surface area contributed by atoms with E-state index in [1.165, 1.54) is 39.5 Å². The Bertz CT molecular complexity index is 1360. The Morgan fingerprint density at radius 1 is 1.03 bits per heavy atom. The Labute approximate surface area is 167 Å². The molecule has 0 atom stereocenters. The summed E-state index contributed by atoms with van der Waals surface area (Å²) in [6.07, 6.45) is 0. The van der Waals surface area contributed by atoms with Crippen molar-refractivity contribution in [2.45, 2.75) is 13.5 Å². The molecule has 1 amide bonds. The number of nitrogens with two attached hydrogens (primary N) is 1. The molecule has 7 nitrogen and oxygen atoms in total. The van der Waals surface area contributed by atoms with Crippen LogP contribution in [0.2, 0.25) is 0 Å². The van der Waals surface area contributed by atoms with Gasteiger partial charge < -0.3 is 5.73 Å². The standard InChI is InChI=1S/C20H14F3N5O2/c1-2-27-16-15(17(24)29)25-18(10-3-8-13(22)14(23)9-10)26-19(16)28(20(27)30)12-6-4-11(21)5-7-12/h3-9H,2H2,1H3,(H2,24,29). The van der Waals surface area contributed by atoms with Crippen LogP contribution in [0.5, 0.6) is 0 Å². The number of aromatic nitrogens is 4. The number of hydrogen-bond acceptors (Lipinski definition) is 4. The van der Waals surface area contributed by atoms with E-state index in [2.05, 4.69) is 9.97 Å². The summed E-state index contributed by atoms with van der Waals surface area (Å²) < 4.78 is 42.9. The van der Waals surface area contributed by atoms with Gasteiger partial charge in [0.1, 0.15) is 11.3 Å². The lowest BCUT2D eigenvalue weighted by atomic mass is 10.2. The second-order valence-electron chi connectivity index (χ2n) is 6.40. The lowest BCUT2D eigenvalue weighted by Gasteiger charge is -2.07. The van der Waals surface area contributed by atoms with Crippen LogP contribution in [-0.4, -0.2) is 25.0 Å². The molecule has 0 spiro atoms. The smallest absolute Gasteiger partial charge is 0.335 e. The zero-order valence-corrected chi connectivity index (χ0v) is 15.6. The summed E-state index contributed by atoms with van der Waals surface area (Å²) in [5, 5.41) is 0. The van der Waals surface area contributed by atoms with E-state index in [1.54, 1.807) is 6.92 Å². The molecule has 2 aromatic carbocycles. The van der Waals surface area contributed by atoms with Crippen LogP contribution < -0.4 is 11.4 Å². The summed E-state index contributed by atoms with van der Waals surface area (Å²) >= 11 is 0. The summed E-state index contributed by atoms with van der Waals surface area (Å²) in [5.74, 6) is -3.74. The maximum Gasteiger partial charge on any atom is 0.335 e. The number of halogens is 3. The van der Waals surface area contributed by atoms with E-state index < -0.39 is 29.0 Å². The van der Waals surface area contributed by atoms with Gasteiger partial charge in [-0.1, -0.05) is 0 Å². The minimum atomic E-state index is -1.13. The molecular formula is C20H14F3N5O2. The van der Waals surface area contributed by atoms with E-state index in [1.807, 2.05) is 0 Å². The molecule has 10 heteroatoms. The maximum absolute atomic E-state index is 13.7.